The van der Waals surface area contributed by atoms with Crippen LogP contribution in [0.4, 0.5) is 10.5 Å². The van der Waals surface area contributed by atoms with Gasteiger partial charge in [0.1, 0.15) is 18.5 Å². The molecule has 2 unspecified atom stereocenters. The third-order valence-corrected chi connectivity index (χ3v) is 15.8. The Kier molecular flexibility index (Phi) is 10.3. The molecule has 3 aromatic rings. The zero-order valence-corrected chi connectivity index (χ0v) is 35.8. The van der Waals surface area contributed by atoms with E-state index in [1.807, 2.05) is 56.1 Å². The van der Waals surface area contributed by atoms with E-state index in [-0.39, 0.29) is 25.2 Å². The molecule has 2 aromatic carbocycles. The fourth-order valence-corrected chi connectivity index (χ4v) is 13.5. The van der Waals surface area contributed by atoms with Crippen molar-refractivity contribution in [2.45, 2.75) is 99.5 Å². The van der Waals surface area contributed by atoms with Crippen molar-refractivity contribution >= 4 is 35.1 Å². The topological polar surface area (TPSA) is 189 Å². The summed E-state index contributed by atoms with van der Waals surface area (Å²) in [6.07, 6.45) is 4.89. The lowest BCUT2D eigenvalue weighted by molar-refractivity contribution is -0.204. The van der Waals surface area contributed by atoms with Crippen molar-refractivity contribution in [3.8, 4) is 5.75 Å². The molecule has 2 saturated heterocycles. The Bertz CT molecular complexity index is 2270. The molecular weight excluding hydrogens is 781 g/mol. The van der Waals surface area contributed by atoms with E-state index >= 15 is 0 Å². The van der Waals surface area contributed by atoms with Crippen LogP contribution in [-0.2, 0) is 36.3 Å². The molecule has 2 bridgehead atoms. The van der Waals surface area contributed by atoms with Crippen LogP contribution < -0.4 is 20.5 Å². The number of H-pyrrole nitrogens is 1. The van der Waals surface area contributed by atoms with Gasteiger partial charge < -0.3 is 39.4 Å². The van der Waals surface area contributed by atoms with Crippen LogP contribution in [0.15, 0.2) is 48.6 Å². The van der Waals surface area contributed by atoms with Gasteiger partial charge in [0.25, 0.3) is 12.4 Å². The third-order valence-electron chi connectivity index (χ3n) is 15.8. The average Bonchev–Trinajstić information content (AvgIpc) is 3.92. The summed E-state index contributed by atoms with van der Waals surface area (Å²) in [4.78, 5) is 50.0. The minimum atomic E-state index is -2.44. The number of aromatic nitrogens is 1. The summed E-state index contributed by atoms with van der Waals surface area (Å²) in [6.45, 7) is 9.58. The van der Waals surface area contributed by atoms with E-state index in [1.54, 1.807) is 14.0 Å². The predicted molar refractivity (Wildman–Crippen MR) is 227 cm³/mol. The molecule has 15 nitrogen and oxygen atoms in total. The number of amides is 2. The molecule has 3 fully saturated rings. The minimum absolute atomic E-state index is 0.00145. The van der Waals surface area contributed by atoms with Crippen LogP contribution in [0.25, 0.3) is 10.9 Å². The second kappa shape index (κ2) is 15.0. The molecule has 61 heavy (non-hydrogen) atoms. The Labute approximate surface area is 356 Å². The number of hydrazine groups is 1. The molecule has 5 aliphatic heterocycles. The number of aromatic amines is 1. The second-order valence-electron chi connectivity index (χ2n) is 18.5. The molecule has 15 heteroatoms. The van der Waals surface area contributed by atoms with Crippen molar-refractivity contribution in [1.29, 1.82) is 0 Å². The molecule has 10 atom stereocenters. The number of methoxy groups -OCH3 is 1. The highest BCUT2D eigenvalue weighted by Gasteiger charge is 2.78. The Hall–Kier alpha value is -4.67. The average molecular weight is 841 g/mol. The number of nitrogens with zero attached hydrogens (tertiary/aromatic N) is 3. The maximum atomic E-state index is 14.6. The van der Waals surface area contributed by atoms with Crippen LogP contribution in [0.2, 0.25) is 0 Å². The van der Waals surface area contributed by atoms with Crippen LogP contribution in [-0.4, -0.2) is 138 Å². The fourth-order valence-electron chi connectivity index (χ4n) is 13.5. The first kappa shape index (κ1) is 41.7. The zero-order valence-electron chi connectivity index (χ0n) is 35.8. The number of carbonyl (C=O) groups excluding carboxylic acids is 3. The van der Waals surface area contributed by atoms with E-state index < -0.39 is 51.6 Å². The standard InChI is InChI=1S/C46H60N6O9/c1-6-42(57)22-28-23-44(26-60-27-53,36-30(14-18-51(24-28)25-42)29-12-9-10-13-33(29)47-36)32-20-31-34(21-35(32)59-5)50(4)38-45(31)16-19-52-17-11-15-43(7-2,37(45)52)39(54)46(38,58)40(55)48-49-41(56)61-8-3/h9-13,15,20-21,27-28,37-39,47,54,57-58H,6-8,14,16-19,22-26H2,1-5H3,(H,48,55)(H,49,56)/t28?,37-,38+,39+,42-,43+,44-,45+,46-/m0/s1. The number of fused-ring (bicyclic) bond motifs is 6. The first-order chi connectivity index (χ1) is 29.3. The van der Waals surface area contributed by atoms with Crippen molar-refractivity contribution in [3.05, 3.63) is 70.9 Å². The van der Waals surface area contributed by atoms with Crippen LogP contribution in [0, 0.1) is 11.3 Å². The first-order valence-corrected chi connectivity index (χ1v) is 21.9. The van der Waals surface area contributed by atoms with Gasteiger partial charge in [0, 0.05) is 84.0 Å². The maximum Gasteiger partial charge on any atom is 0.426 e. The number of aliphatic hydroxyl groups is 3. The lowest BCUT2D eigenvalue weighted by Gasteiger charge is -2.63. The molecule has 6 N–H and O–H groups in total. The van der Waals surface area contributed by atoms with Crippen LogP contribution in [0.1, 0.15) is 75.3 Å². The SMILES string of the molecule is CCOC(=O)NNC(=O)[C@@]1(O)[C@H](O)[C@]2(CC)C=CCN3CC[C@@]4(c5cc([C@@]6(COC=O)CC7CN(CCc8c6[nH]c6ccccc86)C[C@](O)(CC)C7)c(OC)cc5N(C)[C@@H]14)[C@@H]32. The van der Waals surface area contributed by atoms with Gasteiger partial charge in [-0.15, -0.1) is 0 Å². The van der Waals surface area contributed by atoms with Gasteiger partial charge in [-0.3, -0.25) is 24.8 Å². The maximum absolute atomic E-state index is 14.6. The first-order valence-electron chi connectivity index (χ1n) is 21.9. The van der Waals surface area contributed by atoms with Gasteiger partial charge in [0.15, 0.2) is 5.60 Å². The number of hydrogen-bond donors (Lipinski definition) is 6. The van der Waals surface area contributed by atoms with Gasteiger partial charge >= 0.3 is 6.09 Å². The number of aliphatic hydroxyl groups excluding tert-OH is 1. The highest BCUT2D eigenvalue weighted by atomic mass is 16.6. The van der Waals surface area contributed by atoms with Crippen molar-refractivity contribution < 1.29 is 43.9 Å². The Morgan fingerprint density at radius 3 is 2.57 bits per heavy atom. The number of carbonyl (C=O) groups is 3. The number of rotatable bonds is 9. The lowest BCUT2D eigenvalue weighted by Crippen LogP contribution is -2.82. The molecule has 2 amide bonds. The van der Waals surface area contributed by atoms with E-state index in [1.165, 1.54) is 0 Å². The van der Waals surface area contributed by atoms with E-state index in [0.717, 1.165) is 52.1 Å². The zero-order chi connectivity index (χ0) is 43.1. The molecule has 1 aromatic heterocycles. The summed E-state index contributed by atoms with van der Waals surface area (Å²) in [7, 11) is 3.46. The fraction of sp³-hybridized carbons (Fsp3) is 0.587. The van der Waals surface area contributed by atoms with Gasteiger partial charge in [-0.2, -0.15) is 0 Å². The van der Waals surface area contributed by atoms with Crippen LogP contribution in [0.5, 0.6) is 5.75 Å². The summed E-state index contributed by atoms with van der Waals surface area (Å²) in [5.74, 6) is -0.412. The normalized spacial score (nSPS) is 36.1. The van der Waals surface area contributed by atoms with Crippen molar-refractivity contribution in [2.24, 2.45) is 11.3 Å². The molecule has 1 aliphatic carbocycles. The van der Waals surface area contributed by atoms with E-state index in [0.29, 0.717) is 70.4 Å². The van der Waals surface area contributed by atoms with Gasteiger partial charge in [-0.25, -0.2) is 10.2 Å². The number of anilines is 1. The largest absolute Gasteiger partial charge is 0.496 e. The Morgan fingerprint density at radius 1 is 1.03 bits per heavy atom. The molecular formula is C46H60N6O9. The summed E-state index contributed by atoms with van der Waals surface area (Å²) in [5, 5.41) is 39.0. The van der Waals surface area contributed by atoms with E-state index in [4.69, 9.17) is 14.2 Å². The second-order valence-corrected chi connectivity index (χ2v) is 18.5. The molecule has 0 radical (unpaired) electrons. The molecule has 6 heterocycles. The van der Waals surface area contributed by atoms with Crippen LogP contribution in [0.3, 0.4) is 0 Å². The summed E-state index contributed by atoms with van der Waals surface area (Å²) < 4.78 is 17.4. The molecule has 9 rings (SSSR count). The number of hydrogen-bond acceptors (Lipinski definition) is 12. The monoisotopic (exact) mass is 840 g/mol. The number of likely N-dealkylation sites (N-methyl/N-ethyl adjacent to an activating group) is 1. The molecule has 328 valence electrons. The minimum Gasteiger partial charge on any atom is -0.496 e. The summed E-state index contributed by atoms with van der Waals surface area (Å²) >= 11 is 0. The smallest absolute Gasteiger partial charge is 0.426 e. The predicted octanol–water partition coefficient (Wildman–Crippen LogP) is 3.02. The summed E-state index contributed by atoms with van der Waals surface area (Å²) in [6, 6.07) is 11.1. The number of ether oxygens (including phenoxy) is 3. The Morgan fingerprint density at radius 2 is 1.84 bits per heavy atom. The Balaban J connectivity index is 1.31. The van der Waals surface area contributed by atoms with E-state index in [2.05, 4.69) is 43.8 Å². The van der Waals surface area contributed by atoms with E-state index in [9.17, 15) is 29.7 Å². The van der Waals surface area contributed by atoms with Crippen molar-refractivity contribution in [3.63, 3.8) is 0 Å². The highest BCUT2D eigenvalue weighted by molar-refractivity contribution is 5.91. The number of benzene rings is 2. The van der Waals surface area contributed by atoms with Gasteiger partial charge in [-0.05, 0) is 81.2 Å². The molecule has 6 aliphatic rings. The highest BCUT2D eigenvalue weighted by Crippen LogP contribution is 2.67. The van der Waals surface area contributed by atoms with Crippen molar-refractivity contribution in [1.82, 2.24) is 25.6 Å². The summed E-state index contributed by atoms with van der Waals surface area (Å²) in [5.41, 5.74) is 3.78. The quantitative estimate of drug-likeness (QED) is 0.105. The number of piperidine rings is 1. The number of para-hydroxylation sites is 1. The van der Waals surface area contributed by atoms with Crippen LogP contribution >= 0.6 is 0 Å². The van der Waals surface area contributed by atoms with Crippen molar-refractivity contribution in [2.75, 3.05) is 65.0 Å². The van der Waals surface area contributed by atoms with Gasteiger partial charge in [-0.1, -0.05) is 44.2 Å². The number of nitrogens with one attached hydrogen (secondary N) is 3. The molecule has 1 spiro atoms. The molecule has 1 saturated carbocycles. The third kappa shape index (κ3) is 5.83. The lowest BCUT2D eigenvalue weighted by atomic mass is 9.47. The van der Waals surface area contributed by atoms with Gasteiger partial charge in [0.2, 0.25) is 0 Å². The van der Waals surface area contributed by atoms with Gasteiger partial charge in [0.05, 0.1) is 30.8 Å².